The minimum atomic E-state index is 0.719. The number of fused-ring (bicyclic) bond motifs is 1. The van der Waals surface area contributed by atoms with Crippen molar-refractivity contribution in [3.63, 3.8) is 0 Å². The molecule has 1 aliphatic heterocycles. The van der Waals surface area contributed by atoms with Crippen LogP contribution in [-0.2, 0) is 0 Å². The van der Waals surface area contributed by atoms with Crippen LogP contribution in [0, 0.1) is 0 Å². The molecule has 16 heavy (non-hydrogen) atoms. The van der Waals surface area contributed by atoms with Crippen LogP contribution in [0.1, 0.15) is 0 Å². The van der Waals surface area contributed by atoms with Gasteiger partial charge in [0.05, 0.1) is 10.5 Å². The van der Waals surface area contributed by atoms with Gasteiger partial charge in [-0.2, -0.15) is 16.9 Å². The van der Waals surface area contributed by atoms with Gasteiger partial charge >= 0.3 is 0 Å². The summed E-state index contributed by atoms with van der Waals surface area (Å²) in [6, 6.07) is 6.01. The third kappa shape index (κ3) is 1.87. The van der Waals surface area contributed by atoms with Crippen LogP contribution >= 0.6 is 23.4 Å². The molecule has 0 radical (unpaired) electrons. The average Bonchev–Trinajstić information content (AvgIpc) is 2.73. The van der Waals surface area contributed by atoms with E-state index in [0.717, 1.165) is 29.4 Å². The van der Waals surface area contributed by atoms with Crippen LogP contribution in [0.3, 0.4) is 0 Å². The molecule has 0 unspecified atom stereocenters. The van der Waals surface area contributed by atoms with Crippen LogP contribution in [0.2, 0.25) is 5.02 Å². The fourth-order valence-electron chi connectivity index (χ4n) is 1.90. The summed E-state index contributed by atoms with van der Waals surface area (Å²) in [6.45, 7) is 2.17. The topological polar surface area (TPSA) is 20.5 Å². The molecule has 0 aliphatic carbocycles. The number of nitrogens with zero attached hydrogens (tertiary/aromatic N) is 3. The van der Waals surface area contributed by atoms with E-state index in [1.54, 1.807) is 0 Å². The van der Waals surface area contributed by atoms with Crippen molar-refractivity contribution in [3.8, 4) is 0 Å². The number of thioether (sulfide) groups is 1. The van der Waals surface area contributed by atoms with E-state index < -0.39 is 0 Å². The predicted molar refractivity (Wildman–Crippen MR) is 69.7 cm³/mol. The summed E-state index contributed by atoms with van der Waals surface area (Å²) in [6.07, 6.45) is 1.85. The lowest BCUT2D eigenvalue weighted by Crippen LogP contribution is -2.32. The van der Waals surface area contributed by atoms with Crippen molar-refractivity contribution in [2.45, 2.75) is 0 Å². The average molecular weight is 254 g/mol. The zero-order valence-electron chi connectivity index (χ0n) is 8.77. The standard InChI is InChI=1S/C11H12ClN3S/c12-9-1-2-10-7-11(13-15(10)8-9)14-3-5-16-6-4-14/h1-2,7-8H,3-6H2. The lowest BCUT2D eigenvalue weighted by atomic mass is 10.4. The maximum atomic E-state index is 5.94. The van der Waals surface area contributed by atoms with Gasteiger partial charge in [-0.25, -0.2) is 4.52 Å². The number of halogens is 1. The summed E-state index contributed by atoms with van der Waals surface area (Å²) in [5.74, 6) is 3.44. The Morgan fingerprint density at radius 3 is 2.88 bits per heavy atom. The molecule has 5 heteroatoms. The summed E-state index contributed by atoms with van der Waals surface area (Å²) < 4.78 is 1.85. The first-order chi connectivity index (χ1) is 7.83. The molecule has 0 atom stereocenters. The summed E-state index contributed by atoms with van der Waals surface area (Å²) in [7, 11) is 0. The van der Waals surface area contributed by atoms with Crippen molar-refractivity contribution in [1.82, 2.24) is 9.61 Å². The molecule has 2 aromatic rings. The van der Waals surface area contributed by atoms with Gasteiger partial charge in [0, 0.05) is 36.9 Å². The first kappa shape index (κ1) is 10.3. The van der Waals surface area contributed by atoms with Gasteiger partial charge in [0.2, 0.25) is 0 Å². The van der Waals surface area contributed by atoms with Gasteiger partial charge in [-0.3, -0.25) is 0 Å². The Hall–Kier alpha value is -0.870. The highest BCUT2D eigenvalue weighted by Gasteiger charge is 2.14. The van der Waals surface area contributed by atoms with Gasteiger partial charge in [0.25, 0.3) is 0 Å². The Balaban J connectivity index is 1.97. The number of pyridine rings is 1. The highest BCUT2D eigenvalue weighted by molar-refractivity contribution is 7.99. The Morgan fingerprint density at radius 2 is 2.06 bits per heavy atom. The Bertz CT molecular complexity index is 505. The minimum Gasteiger partial charge on any atom is -0.353 e. The van der Waals surface area contributed by atoms with Gasteiger partial charge in [-0.15, -0.1) is 0 Å². The third-order valence-corrected chi connectivity index (χ3v) is 3.91. The monoisotopic (exact) mass is 253 g/mol. The molecule has 0 bridgehead atoms. The molecule has 3 rings (SSSR count). The molecule has 2 aromatic heterocycles. The third-order valence-electron chi connectivity index (χ3n) is 2.75. The molecule has 0 amide bonds. The second-order valence-electron chi connectivity index (χ2n) is 3.82. The molecular weight excluding hydrogens is 242 g/mol. The SMILES string of the molecule is Clc1ccc2cc(N3CCSCC3)nn2c1. The van der Waals surface area contributed by atoms with Gasteiger partial charge in [0.1, 0.15) is 0 Å². The smallest absolute Gasteiger partial charge is 0.151 e. The van der Waals surface area contributed by atoms with Crippen LogP contribution in [0.15, 0.2) is 24.4 Å². The second-order valence-corrected chi connectivity index (χ2v) is 5.48. The van der Waals surface area contributed by atoms with Gasteiger partial charge < -0.3 is 4.90 Å². The zero-order chi connectivity index (χ0) is 11.0. The number of anilines is 1. The first-order valence-electron chi connectivity index (χ1n) is 5.30. The maximum Gasteiger partial charge on any atom is 0.151 e. The zero-order valence-corrected chi connectivity index (χ0v) is 10.3. The molecule has 0 spiro atoms. The molecule has 1 saturated heterocycles. The van der Waals surface area contributed by atoms with E-state index in [2.05, 4.69) is 16.1 Å². The van der Waals surface area contributed by atoms with Crippen LogP contribution in [0.5, 0.6) is 0 Å². The largest absolute Gasteiger partial charge is 0.353 e. The molecular formula is C11H12ClN3S. The highest BCUT2D eigenvalue weighted by Crippen LogP contribution is 2.20. The maximum absolute atomic E-state index is 5.94. The number of aromatic nitrogens is 2. The van der Waals surface area contributed by atoms with E-state index in [9.17, 15) is 0 Å². The number of rotatable bonds is 1. The quantitative estimate of drug-likeness (QED) is 0.779. The van der Waals surface area contributed by atoms with E-state index in [4.69, 9.17) is 11.6 Å². The lowest BCUT2D eigenvalue weighted by Gasteiger charge is -2.25. The predicted octanol–water partition coefficient (Wildman–Crippen LogP) is 2.54. The van der Waals surface area contributed by atoms with Crippen molar-refractivity contribution in [2.75, 3.05) is 29.5 Å². The molecule has 0 saturated carbocycles. The van der Waals surface area contributed by atoms with Crippen LogP contribution in [0.25, 0.3) is 5.52 Å². The molecule has 3 nitrogen and oxygen atoms in total. The van der Waals surface area contributed by atoms with Crippen molar-refractivity contribution in [3.05, 3.63) is 29.4 Å². The summed E-state index contributed by atoms with van der Waals surface area (Å²) in [5.41, 5.74) is 1.10. The van der Waals surface area contributed by atoms with Crippen molar-refractivity contribution in [1.29, 1.82) is 0 Å². The molecule has 1 aliphatic rings. The van der Waals surface area contributed by atoms with E-state index in [-0.39, 0.29) is 0 Å². The van der Waals surface area contributed by atoms with Gasteiger partial charge in [-0.05, 0) is 12.1 Å². The van der Waals surface area contributed by atoms with Crippen LogP contribution < -0.4 is 4.90 Å². The van der Waals surface area contributed by atoms with Crippen molar-refractivity contribution >= 4 is 34.7 Å². The summed E-state index contributed by atoms with van der Waals surface area (Å²) in [5, 5.41) is 5.26. The second kappa shape index (κ2) is 4.18. The van der Waals surface area contributed by atoms with Crippen LogP contribution in [0.4, 0.5) is 5.82 Å². The molecule has 1 fully saturated rings. The summed E-state index contributed by atoms with van der Waals surface area (Å²) in [4.78, 5) is 2.33. The molecule has 84 valence electrons. The molecule has 0 aromatic carbocycles. The Kier molecular flexibility index (Phi) is 2.69. The normalized spacial score (nSPS) is 16.9. The Morgan fingerprint density at radius 1 is 1.25 bits per heavy atom. The van der Waals surface area contributed by atoms with Gasteiger partial charge in [-0.1, -0.05) is 11.6 Å². The van der Waals surface area contributed by atoms with E-state index >= 15 is 0 Å². The lowest BCUT2D eigenvalue weighted by molar-refractivity contribution is 0.819. The molecule has 3 heterocycles. The van der Waals surface area contributed by atoms with E-state index in [1.807, 2.05) is 34.6 Å². The van der Waals surface area contributed by atoms with Crippen LogP contribution in [-0.4, -0.2) is 34.2 Å². The van der Waals surface area contributed by atoms with Crippen molar-refractivity contribution < 1.29 is 0 Å². The summed E-state index contributed by atoms with van der Waals surface area (Å²) >= 11 is 7.94. The van der Waals surface area contributed by atoms with Gasteiger partial charge in [0.15, 0.2) is 5.82 Å². The van der Waals surface area contributed by atoms with E-state index in [1.165, 1.54) is 11.5 Å². The fourth-order valence-corrected chi connectivity index (χ4v) is 2.95. The first-order valence-corrected chi connectivity index (χ1v) is 6.84. The fraction of sp³-hybridized carbons (Fsp3) is 0.364. The Labute approximate surface area is 103 Å². The van der Waals surface area contributed by atoms with Crippen molar-refractivity contribution in [2.24, 2.45) is 0 Å². The highest BCUT2D eigenvalue weighted by atomic mass is 35.5. The number of hydrogen-bond donors (Lipinski definition) is 0. The van der Waals surface area contributed by atoms with E-state index in [0.29, 0.717) is 0 Å². The minimum absolute atomic E-state index is 0.719. The molecule has 0 N–H and O–H groups in total. The number of hydrogen-bond acceptors (Lipinski definition) is 3.